The number of fused-ring (bicyclic) bond motifs is 1. The van der Waals surface area contributed by atoms with Crippen LogP contribution in [0.15, 0.2) is 0 Å². The average Bonchev–Trinajstić information content (AvgIpc) is 2.33. The molecule has 0 aromatic heterocycles. The monoisotopic (exact) mass is 127 g/mol. The summed E-state index contributed by atoms with van der Waals surface area (Å²) < 4.78 is 0. The van der Waals surface area contributed by atoms with Crippen molar-refractivity contribution >= 4 is 0 Å². The first-order valence-corrected chi connectivity index (χ1v) is 3.68. The van der Waals surface area contributed by atoms with E-state index in [9.17, 15) is 0 Å². The fourth-order valence-electron chi connectivity index (χ4n) is 1.57. The lowest BCUT2D eigenvalue weighted by molar-refractivity contribution is 0.166. The molecule has 0 spiro atoms. The normalized spacial score (nSPS) is 36.7. The Morgan fingerprint density at radius 2 is 2.00 bits per heavy atom. The SMILES string of the molecule is C1CNC2NCCN2C1. The maximum Gasteiger partial charge on any atom is 0.114 e. The van der Waals surface area contributed by atoms with Crippen molar-refractivity contribution in [2.24, 2.45) is 0 Å². The van der Waals surface area contributed by atoms with Gasteiger partial charge in [-0.1, -0.05) is 0 Å². The van der Waals surface area contributed by atoms with Gasteiger partial charge < -0.3 is 0 Å². The summed E-state index contributed by atoms with van der Waals surface area (Å²) in [5.74, 6) is 0. The molecule has 0 amide bonds. The molecule has 2 rings (SSSR count). The Hall–Kier alpha value is -0.120. The zero-order valence-corrected chi connectivity index (χ0v) is 5.56. The largest absolute Gasteiger partial charge is 0.289 e. The van der Waals surface area contributed by atoms with E-state index in [1.807, 2.05) is 0 Å². The minimum absolute atomic E-state index is 0.499. The Labute approximate surface area is 55.4 Å². The Bertz CT molecular complexity index is 92.5. The second kappa shape index (κ2) is 2.25. The summed E-state index contributed by atoms with van der Waals surface area (Å²) in [6, 6.07) is 0. The molecule has 52 valence electrons. The van der Waals surface area contributed by atoms with E-state index >= 15 is 0 Å². The zero-order valence-electron chi connectivity index (χ0n) is 5.56. The first-order chi connectivity index (χ1) is 4.47. The lowest BCUT2D eigenvalue weighted by Gasteiger charge is -2.29. The maximum atomic E-state index is 3.40. The van der Waals surface area contributed by atoms with Crippen LogP contribution in [-0.2, 0) is 0 Å². The summed E-state index contributed by atoms with van der Waals surface area (Å²) in [6.07, 6.45) is 1.80. The molecule has 3 heteroatoms. The Balaban J connectivity index is 1.97. The summed E-state index contributed by atoms with van der Waals surface area (Å²) >= 11 is 0. The smallest absolute Gasteiger partial charge is 0.114 e. The fourth-order valence-corrected chi connectivity index (χ4v) is 1.57. The molecule has 0 bridgehead atoms. The van der Waals surface area contributed by atoms with Crippen LogP contribution in [0.25, 0.3) is 0 Å². The molecular formula is C6H13N3. The molecule has 0 aliphatic carbocycles. The van der Waals surface area contributed by atoms with Crippen LogP contribution in [0.1, 0.15) is 6.42 Å². The third-order valence-corrected chi connectivity index (χ3v) is 2.06. The lowest BCUT2D eigenvalue weighted by atomic mass is 10.3. The van der Waals surface area contributed by atoms with E-state index in [1.165, 1.54) is 26.1 Å². The lowest BCUT2D eigenvalue weighted by Crippen LogP contribution is -2.52. The van der Waals surface area contributed by atoms with Crippen molar-refractivity contribution in [1.82, 2.24) is 15.5 Å². The highest BCUT2D eigenvalue weighted by Crippen LogP contribution is 2.04. The predicted octanol–water partition coefficient (Wildman–Crippen LogP) is -0.831. The molecule has 3 nitrogen and oxygen atoms in total. The molecule has 9 heavy (non-hydrogen) atoms. The quantitative estimate of drug-likeness (QED) is 0.444. The first kappa shape index (κ1) is 5.65. The molecule has 2 aliphatic rings. The summed E-state index contributed by atoms with van der Waals surface area (Å²) in [7, 11) is 0. The minimum Gasteiger partial charge on any atom is -0.289 e. The summed E-state index contributed by atoms with van der Waals surface area (Å²) in [6.45, 7) is 4.81. The van der Waals surface area contributed by atoms with Crippen LogP contribution in [0, 0.1) is 0 Å². The maximum absolute atomic E-state index is 3.40. The summed E-state index contributed by atoms with van der Waals surface area (Å²) in [4.78, 5) is 2.45. The average molecular weight is 127 g/mol. The highest BCUT2D eigenvalue weighted by atomic mass is 15.4. The van der Waals surface area contributed by atoms with Gasteiger partial charge in [-0.05, 0) is 13.0 Å². The number of nitrogens with one attached hydrogen (secondary N) is 2. The van der Waals surface area contributed by atoms with Gasteiger partial charge in [-0.15, -0.1) is 0 Å². The highest BCUT2D eigenvalue weighted by Gasteiger charge is 2.24. The van der Waals surface area contributed by atoms with E-state index in [0.717, 1.165) is 6.54 Å². The Kier molecular flexibility index (Phi) is 1.41. The number of rotatable bonds is 0. The van der Waals surface area contributed by atoms with E-state index < -0.39 is 0 Å². The van der Waals surface area contributed by atoms with Crippen LogP contribution >= 0.6 is 0 Å². The van der Waals surface area contributed by atoms with Crippen molar-refractivity contribution in [1.29, 1.82) is 0 Å². The van der Waals surface area contributed by atoms with Crippen molar-refractivity contribution < 1.29 is 0 Å². The topological polar surface area (TPSA) is 27.3 Å². The molecule has 2 N–H and O–H groups in total. The molecule has 2 saturated heterocycles. The summed E-state index contributed by atoms with van der Waals surface area (Å²) in [5.41, 5.74) is 0. The summed E-state index contributed by atoms with van der Waals surface area (Å²) in [5, 5.41) is 6.77. The van der Waals surface area contributed by atoms with Crippen LogP contribution in [0.2, 0.25) is 0 Å². The molecule has 0 radical (unpaired) electrons. The molecule has 0 saturated carbocycles. The third-order valence-electron chi connectivity index (χ3n) is 2.06. The fraction of sp³-hybridized carbons (Fsp3) is 1.00. The van der Waals surface area contributed by atoms with E-state index in [-0.39, 0.29) is 0 Å². The van der Waals surface area contributed by atoms with Gasteiger partial charge >= 0.3 is 0 Å². The molecule has 0 aromatic carbocycles. The van der Waals surface area contributed by atoms with Crippen molar-refractivity contribution in [3.63, 3.8) is 0 Å². The molecule has 2 aliphatic heterocycles. The van der Waals surface area contributed by atoms with Gasteiger partial charge in [-0.25, -0.2) is 0 Å². The molecule has 1 atom stereocenters. The Morgan fingerprint density at radius 1 is 1.11 bits per heavy atom. The van der Waals surface area contributed by atoms with E-state index in [1.54, 1.807) is 0 Å². The second-order valence-corrected chi connectivity index (χ2v) is 2.70. The zero-order chi connectivity index (χ0) is 6.10. The molecule has 2 fully saturated rings. The first-order valence-electron chi connectivity index (χ1n) is 3.68. The van der Waals surface area contributed by atoms with Gasteiger partial charge in [0.25, 0.3) is 0 Å². The molecule has 0 aromatic rings. The van der Waals surface area contributed by atoms with Gasteiger partial charge in [0.1, 0.15) is 6.29 Å². The number of hydrogen-bond acceptors (Lipinski definition) is 3. The van der Waals surface area contributed by atoms with Crippen molar-refractivity contribution in [3.8, 4) is 0 Å². The third kappa shape index (κ3) is 0.956. The second-order valence-electron chi connectivity index (χ2n) is 2.70. The van der Waals surface area contributed by atoms with Crippen LogP contribution < -0.4 is 10.6 Å². The van der Waals surface area contributed by atoms with Gasteiger partial charge in [-0.3, -0.25) is 15.5 Å². The van der Waals surface area contributed by atoms with Crippen LogP contribution in [-0.4, -0.2) is 37.4 Å². The van der Waals surface area contributed by atoms with Crippen LogP contribution in [0.3, 0.4) is 0 Å². The van der Waals surface area contributed by atoms with E-state index in [0.29, 0.717) is 6.29 Å². The van der Waals surface area contributed by atoms with E-state index in [4.69, 9.17) is 0 Å². The van der Waals surface area contributed by atoms with Gasteiger partial charge in [0.05, 0.1) is 0 Å². The minimum atomic E-state index is 0.499. The number of nitrogens with zero attached hydrogens (tertiary/aromatic N) is 1. The van der Waals surface area contributed by atoms with Gasteiger partial charge in [-0.2, -0.15) is 0 Å². The Morgan fingerprint density at radius 3 is 2.89 bits per heavy atom. The van der Waals surface area contributed by atoms with Gasteiger partial charge in [0, 0.05) is 19.6 Å². The van der Waals surface area contributed by atoms with Gasteiger partial charge in [0.2, 0.25) is 0 Å². The molecule has 1 unspecified atom stereocenters. The highest BCUT2D eigenvalue weighted by molar-refractivity contribution is 4.79. The van der Waals surface area contributed by atoms with Gasteiger partial charge in [0.15, 0.2) is 0 Å². The molecular weight excluding hydrogens is 114 g/mol. The predicted molar refractivity (Wildman–Crippen MR) is 36.0 cm³/mol. The van der Waals surface area contributed by atoms with Crippen molar-refractivity contribution in [3.05, 3.63) is 0 Å². The van der Waals surface area contributed by atoms with Crippen molar-refractivity contribution in [2.45, 2.75) is 12.7 Å². The van der Waals surface area contributed by atoms with Crippen LogP contribution in [0.5, 0.6) is 0 Å². The standard InChI is InChI=1S/C6H13N3/c1-2-7-6-8-3-5-9(6)4-1/h6-8H,1-5H2. The van der Waals surface area contributed by atoms with E-state index in [2.05, 4.69) is 15.5 Å². The van der Waals surface area contributed by atoms with Crippen LogP contribution in [0.4, 0.5) is 0 Å². The molecule has 2 heterocycles. The number of hydrogen-bond donors (Lipinski definition) is 2. The van der Waals surface area contributed by atoms with Crippen molar-refractivity contribution in [2.75, 3.05) is 26.2 Å².